The second-order valence-electron chi connectivity index (χ2n) is 6.11. The first-order chi connectivity index (χ1) is 11.2. The smallest absolute Gasteiger partial charge is 0.193 e. The van der Waals surface area contributed by atoms with Crippen LogP contribution in [0.25, 0.3) is 0 Å². The summed E-state index contributed by atoms with van der Waals surface area (Å²) in [6.07, 6.45) is 7.38. The first-order valence-corrected chi connectivity index (χ1v) is 8.75. The van der Waals surface area contributed by atoms with Crippen molar-refractivity contribution < 1.29 is 4.74 Å². The molecule has 1 unspecified atom stereocenters. The highest BCUT2D eigenvalue weighted by molar-refractivity contribution is 5.80. The van der Waals surface area contributed by atoms with Crippen molar-refractivity contribution >= 4 is 5.96 Å². The predicted octanol–water partition coefficient (Wildman–Crippen LogP) is 1.91. The molecule has 1 aromatic rings. The van der Waals surface area contributed by atoms with Gasteiger partial charge in [-0.3, -0.25) is 4.99 Å². The van der Waals surface area contributed by atoms with Gasteiger partial charge in [0.1, 0.15) is 5.82 Å². The number of guanidine groups is 1. The summed E-state index contributed by atoms with van der Waals surface area (Å²) in [5.41, 5.74) is 0. The molecule has 6 nitrogen and oxygen atoms in total. The van der Waals surface area contributed by atoms with Crippen LogP contribution in [-0.4, -0.2) is 60.3 Å². The Morgan fingerprint density at radius 3 is 3.04 bits per heavy atom. The Morgan fingerprint density at radius 1 is 1.48 bits per heavy atom. The normalized spacial score (nSPS) is 18.7. The number of aryl methyl sites for hydroxylation is 2. The summed E-state index contributed by atoms with van der Waals surface area (Å²) in [7, 11) is 1.87. The number of aromatic nitrogens is 2. The first-order valence-electron chi connectivity index (χ1n) is 8.75. The van der Waals surface area contributed by atoms with E-state index in [9.17, 15) is 0 Å². The van der Waals surface area contributed by atoms with Gasteiger partial charge in [0.25, 0.3) is 0 Å². The molecule has 0 aromatic carbocycles. The third kappa shape index (κ3) is 5.53. The van der Waals surface area contributed by atoms with Gasteiger partial charge >= 0.3 is 0 Å². The SMILES string of the molecule is CCOCC1CCN(C(=NC)NCCCCn2ccnc2C)C1. The van der Waals surface area contributed by atoms with E-state index in [-0.39, 0.29) is 0 Å². The highest BCUT2D eigenvalue weighted by Gasteiger charge is 2.24. The number of aliphatic imine (C=N–C) groups is 1. The van der Waals surface area contributed by atoms with Gasteiger partial charge in [0, 0.05) is 58.1 Å². The van der Waals surface area contributed by atoms with Crippen molar-refractivity contribution in [3.8, 4) is 0 Å². The average molecular weight is 321 g/mol. The van der Waals surface area contributed by atoms with Crippen LogP contribution in [0.3, 0.4) is 0 Å². The van der Waals surface area contributed by atoms with Gasteiger partial charge in [-0.15, -0.1) is 0 Å². The maximum atomic E-state index is 5.54. The summed E-state index contributed by atoms with van der Waals surface area (Å²) in [5.74, 6) is 2.76. The molecule has 1 saturated heterocycles. The summed E-state index contributed by atoms with van der Waals surface area (Å²) in [6.45, 7) is 9.90. The number of ether oxygens (including phenoxy) is 1. The van der Waals surface area contributed by atoms with Crippen LogP contribution in [0, 0.1) is 12.8 Å². The van der Waals surface area contributed by atoms with Crippen LogP contribution in [0.15, 0.2) is 17.4 Å². The van der Waals surface area contributed by atoms with Crippen molar-refractivity contribution in [2.75, 3.05) is 39.9 Å². The minimum atomic E-state index is 0.637. The largest absolute Gasteiger partial charge is 0.381 e. The standard InChI is InChI=1S/C17H31N5O/c1-4-23-14-16-7-11-22(13-16)17(18-3)20-8-5-6-10-21-12-9-19-15(21)2/h9,12,16H,4-8,10-11,13-14H2,1-3H3,(H,18,20). The van der Waals surface area contributed by atoms with Crippen LogP contribution < -0.4 is 5.32 Å². The van der Waals surface area contributed by atoms with Crippen LogP contribution in [0.2, 0.25) is 0 Å². The van der Waals surface area contributed by atoms with Gasteiger partial charge in [-0.1, -0.05) is 0 Å². The number of nitrogens with one attached hydrogen (secondary N) is 1. The molecular formula is C17H31N5O. The molecule has 2 heterocycles. The average Bonchev–Trinajstić information content (AvgIpc) is 3.18. The molecule has 130 valence electrons. The molecule has 1 aromatic heterocycles. The lowest BCUT2D eigenvalue weighted by Gasteiger charge is -2.21. The Bertz CT molecular complexity index is 485. The Hall–Kier alpha value is -1.56. The van der Waals surface area contributed by atoms with E-state index in [0.717, 1.165) is 64.0 Å². The van der Waals surface area contributed by atoms with Crippen LogP contribution in [0.5, 0.6) is 0 Å². The lowest BCUT2D eigenvalue weighted by atomic mass is 10.1. The molecular weight excluding hydrogens is 290 g/mol. The quantitative estimate of drug-likeness (QED) is 0.451. The lowest BCUT2D eigenvalue weighted by molar-refractivity contribution is 0.114. The van der Waals surface area contributed by atoms with E-state index in [2.05, 4.69) is 31.7 Å². The zero-order chi connectivity index (χ0) is 16.5. The second kappa shape index (κ2) is 9.55. The number of unbranched alkanes of at least 4 members (excludes halogenated alkanes) is 1. The fraction of sp³-hybridized carbons (Fsp3) is 0.765. The lowest BCUT2D eigenvalue weighted by Crippen LogP contribution is -2.40. The van der Waals surface area contributed by atoms with Crippen LogP contribution in [0.4, 0.5) is 0 Å². The van der Waals surface area contributed by atoms with E-state index < -0.39 is 0 Å². The summed E-state index contributed by atoms with van der Waals surface area (Å²) in [4.78, 5) is 11.0. The monoisotopic (exact) mass is 321 g/mol. The number of hydrogen-bond donors (Lipinski definition) is 1. The third-order valence-corrected chi connectivity index (χ3v) is 4.39. The molecule has 2 rings (SSSR count). The van der Waals surface area contributed by atoms with Crippen molar-refractivity contribution in [1.82, 2.24) is 19.8 Å². The van der Waals surface area contributed by atoms with Crippen LogP contribution in [-0.2, 0) is 11.3 Å². The fourth-order valence-electron chi connectivity index (χ4n) is 3.03. The van der Waals surface area contributed by atoms with E-state index in [4.69, 9.17) is 4.74 Å². The number of imidazole rings is 1. The predicted molar refractivity (Wildman–Crippen MR) is 93.7 cm³/mol. The molecule has 6 heteroatoms. The van der Waals surface area contributed by atoms with Crippen molar-refractivity contribution in [3.63, 3.8) is 0 Å². The highest BCUT2D eigenvalue weighted by atomic mass is 16.5. The molecule has 0 amide bonds. The molecule has 23 heavy (non-hydrogen) atoms. The fourth-order valence-corrected chi connectivity index (χ4v) is 3.03. The van der Waals surface area contributed by atoms with E-state index in [1.807, 2.05) is 26.4 Å². The van der Waals surface area contributed by atoms with Crippen molar-refractivity contribution in [3.05, 3.63) is 18.2 Å². The van der Waals surface area contributed by atoms with Gasteiger partial charge in [0.15, 0.2) is 5.96 Å². The third-order valence-electron chi connectivity index (χ3n) is 4.39. The molecule has 0 radical (unpaired) electrons. The second-order valence-corrected chi connectivity index (χ2v) is 6.11. The van der Waals surface area contributed by atoms with Gasteiger partial charge in [-0.25, -0.2) is 4.98 Å². The molecule has 1 fully saturated rings. The molecule has 1 N–H and O–H groups in total. The molecule has 1 aliphatic heterocycles. The first kappa shape index (κ1) is 17.8. The van der Waals surface area contributed by atoms with Crippen LogP contribution in [0.1, 0.15) is 32.0 Å². The van der Waals surface area contributed by atoms with Gasteiger partial charge in [0.2, 0.25) is 0 Å². The number of hydrogen-bond acceptors (Lipinski definition) is 3. The number of nitrogens with zero attached hydrogens (tertiary/aromatic N) is 4. The van der Waals surface area contributed by atoms with Gasteiger partial charge in [0.05, 0.1) is 6.61 Å². The van der Waals surface area contributed by atoms with E-state index in [1.54, 1.807) is 0 Å². The molecule has 0 spiro atoms. The summed E-state index contributed by atoms with van der Waals surface area (Å²) < 4.78 is 7.74. The van der Waals surface area contributed by atoms with Gasteiger partial charge < -0.3 is 19.5 Å². The Morgan fingerprint density at radius 2 is 2.35 bits per heavy atom. The minimum Gasteiger partial charge on any atom is -0.381 e. The highest BCUT2D eigenvalue weighted by Crippen LogP contribution is 2.16. The Balaban J connectivity index is 1.63. The number of rotatable bonds is 8. The van der Waals surface area contributed by atoms with Gasteiger partial charge in [-0.2, -0.15) is 0 Å². The minimum absolute atomic E-state index is 0.637. The van der Waals surface area contributed by atoms with Crippen molar-refractivity contribution in [1.29, 1.82) is 0 Å². The van der Waals surface area contributed by atoms with E-state index in [0.29, 0.717) is 5.92 Å². The molecule has 1 aliphatic rings. The Labute approximate surface area is 139 Å². The van der Waals surface area contributed by atoms with Crippen molar-refractivity contribution in [2.45, 2.75) is 39.7 Å². The maximum absolute atomic E-state index is 5.54. The molecule has 0 aliphatic carbocycles. The molecule has 0 saturated carbocycles. The van der Waals surface area contributed by atoms with Crippen LogP contribution >= 0.6 is 0 Å². The van der Waals surface area contributed by atoms with E-state index >= 15 is 0 Å². The maximum Gasteiger partial charge on any atom is 0.193 e. The summed E-state index contributed by atoms with van der Waals surface area (Å²) in [5, 5.41) is 3.49. The molecule has 1 atom stereocenters. The summed E-state index contributed by atoms with van der Waals surface area (Å²) in [6, 6.07) is 0. The summed E-state index contributed by atoms with van der Waals surface area (Å²) >= 11 is 0. The topological polar surface area (TPSA) is 54.7 Å². The van der Waals surface area contributed by atoms with Crippen molar-refractivity contribution in [2.24, 2.45) is 10.9 Å². The van der Waals surface area contributed by atoms with Gasteiger partial charge in [-0.05, 0) is 33.1 Å². The van der Waals surface area contributed by atoms with E-state index in [1.165, 1.54) is 6.42 Å². The zero-order valence-corrected chi connectivity index (χ0v) is 14.8. The molecule has 0 bridgehead atoms. The zero-order valence-electron chi connectivity index (χ0n) is 14.8. The number of likely N-dealkylation sites (tertiary alicyclic amines) is 1. The Kier molecular flexibility index (Phi) is 7.39.